The maximum absolute atomic E-state index is 13.1. The molecule has 1 aromatic heterocycles. The Balaban J connectivity index is 1.38. The monoisotopic (exact) mass is 446 g/mol. The van der Waals surface area contributed by atoms with Crippen molar-refractivity contribution in [2.24, 2.45) is 0 Å². The van der Waals surface area contributed by atoms with E-state index in [4.69, 9.17) is 4.74 Å². The average molecular weight is 447 g/mol. The number of carbonyl (C=O) groups is 1. The minimum Gasteiger partial charge on any atom is -0.373 e. The van der Waals surface area contributed by atoms with Crippen molar-refractivity contribution in [3.05, 3.63) is 88.7 Å². The van der Waals surface area contributed by atoms with Crippen LogP contribution < -0.4 is 5.32 Å². The van der Waals surface area contributed by atoms with E-state index in [1.54, 1.807) is 0 Å². The van der Waals surface area contributed by atoms with Crippen molar-refractivity contribution in [3.63, 3.8) is 0 Å². The predicted octanol–water partition coefficient (Wildman–Crippen LogP) is 3.96. The van der Waals surface area contributed by atoms with Gasteiger partial charge in [-0.3, -0.25) is 14.4 Å². The third-order valence-corrected chi connectivity index (χ3v) is 6.26. The number of hydrogen-bond donors (Lipinski definition) is 1. The van der Waals surface area contributed by atoms with Gasteiger partial charge in [0.2, 0.25) is 0 Å². The van der Waals surface area contributed by atoms with E-state index >= 15 is 0 Å². The molecule has 6 heteroatoms. The number of carbonyl (C=O) groups excluding carboxylic acids is 1. The molecule has 1 aliphatic rings. The molecule has 4 rings (SSSR count). The summed E-state index contributed by atoms with van der Waals surface area (Å²) in [7, 11) is 0. The van der Waals surface area contributed by atoms with E-state index in [1.807, 2.05) is 48.9 Å². The van der Waals surface area contributed by atoms with Crippen LogP contribution in [0.4, 0.5) is 0 Å². The molecule has 0 aliphatic carbocycles. The Hall–Kier alpha value is -2.96. The van der Waals surface area contributed by atoms with Gasteiger partial charge in [-0.05, 0) is 49.6 Å². The third kappa shape index (κ3) is 6.09. The Labute approximate surface area is 196 Å². The second-order valence-corrected chi connectivity index (χ2v) is 8.90. The zero-order chi connectivity index (χ0) is 23.2. The molecule has 3 aromatic rings. The number of aryl methyl sites for hydroxylation is 2. The van der Waals surface area contributed by atoms with Gasteiger partial charge in [0, 0.05) is 30.9 Å². The van der Waals surface area contributed by atoms with Crippen molar-refractivity contribution in [1.29, 1.82) is 0 Å². The molecule has 0 spiro atoms. The van der Waals surface area contributed by atoms with Gasteiger partial charge in [0.05, 0.1) is 31.0 Å². The van der Waals surface area contributed by atoms with Crippen LogP contribution in [0, 0.1) is 13.8 Å². The zero-order valence-corrected chi connectivity index (χ0v) is 19.8. The first-order chi connectivity index (χ1) is 16.0. The molecular weight excluding hydrogens is 412 g/mol. The number of benzene rings is 2. The molecule has 1 N–H and O–H groups in total. The Kier molecular flexibility index (Phi) is 7.57. The first-order valence-electron chi connectivity index (χ1n) is 11.8. The Morgan fingerprint density at radius 3 is 2.61 bits per heavy atom. The van der Waals surface area contributed by atoms with Crippen molar-refractivity contribution < 1.29 is 9.53 Å². The van der Waals surface area contributed by atoms with E-state index < -0.39 is 0 Å². The van der Waals surface area contributed by atoms with E-state index in [-0.39, 0.29) is 18.1 Å². The zero-order valence-electron chi connectivity index (χ0n) is 19.8. The molecule has 0 radical (unpaired) electrons. The van der Waals surface area contributed by atoms with Crippen molar-refractivity contribution >= 4 is 5.91 Å². The van der Waals surface area contributed by atoms with E-state index in [1.165, 1.54) is 5.56 Å². The van der Waals surface area contributed by atoms with E-state index in [0.717, 1.165) is 43.0 Å². The second kappa shape index (κ2) is 10.8. The smallest absolute Gasteiger partial charge is 0.251 e. The van der Waals surface area contributed by atoms with Gasteiger partial charge in [-0.2, -0.15) is 5.10 Å². The number of rotatable bonds is 8. The lowest BCUT2D eigenvalue weighted by atomic mass is 10.0. The molecule has 6 nitrogen and oxygen atoms in total. The number of morpholine rings is 1. The van der Waals surface area contributed by atoms with Gasteiger partial charge in [-0.25, -0.2) is 0 Å². The van der Waals surface area contributed by atoms with Crippen LogP contribution >= 0.6 is 0 Å². The first-order valence-corrected chi connectivity index (χ1v) is 11.8. The van der Waals surface area contributed by atoms with Crippen LogP contribution in [-0.4, -0.2) is 52.4 Å². The van der Waals surface area contributed by atoms with Gasteiger partial charge in [0.25, 0.3) is 5.91 Å². The van der Waals surface area contributed by atoms with Gasteiger partial charge in [-0.1, -0.05) is 49.4 Å². The molecule has 174 valence electrons. The fourth-order valence-electron chi connectivity index (χ4n) is 4.49. The van der Waals surface area contributed by atoms with Crippen molar-refractivity contribution in [2.75, 3.05) is 19.7 Å². The number of nitrogens with zero attached hydrogens (tertiary/aromatic N) is 3. The number of aromatic nitrogens is 2. The lowest BCUT2D eigenvalue weighted by Crippen LogP contribution is -2.53. The molecule has 0 bridgehead atoms. The van der Waals surface area contributed by atoms with Gasteiger partial charge in [0.1, 0.15) is 0 Å². The SMILES string of the molecule is CC[C@@H](NC(=O)c1cccc(Cn2nc(C)cc2C)c1)[C@@H]1CN(Cc2ccccc2)CCO1. The summed E-state index contributed by atoms with van der Waals surface area (Å²) < 4.78 is 8.06. The molecule has 2 heterocycles. The fourth-order valence-corrected chi connectivity index (χ4v) is 4.49. The molecule has 1 aliphatic heterocycles. The van der Waals surface area contributed by atoms with Crippen LogP contribution in [0.15, 0.2) is 60.7 Å². The summed E-state index contributed by atoms with van der Waals surface area (Å²) in [5.74, 6) is -0.0548. The summed E-state index contributed by atoms with van der Waals surface area (Å²) in [6.07, 6.45) is 0.801. The van der Waals surface area contributed by atoms with Crippen molar-refractivity contribution in [1.82, 2.24) is 20.0 Å². The lowest BCUT2D eigenvalue weighted by molar-refractivity contribution is -0.0483. The molecular formula is C27H34N4O2. The summed E-state index contributed by atoms with van der Waals surface area (Å²) in [5, 5.41) is 7.77. The van der Waals surface area contributed by atoms with Crippen LogP contribution in [-0.2, 0) is 17.8 Å². The topological polar surface area (TPSA) is 59.4 Å². The van der Waals surface area contributed by atoms with Crippen molar-refractivity contribution in [2.45, 2.75) is 52.4 Å². The molecule has 0 saturated carbocycles. The normalized spacial score (nSPS) is 17.6. The first kappa shape index (κ1) is 23.2. The number of hydrogen-bond acceptors (Lipinski definition) is 4. The molecule has 33 heavy (non-hydrogen) atoms. The van der Waals surface area contributed by atoms with Crippen LogP contribution in [0.1, 0.15) is 46.2 Å². The molecule has 0 unspecified atom stereocenters. The van der Waals surface area contributed by atoms with Crippen LogP contribution in [0.25, 0.3) is 0 Å². The lowest BCUT2D eigenvalue weighted by Gasteiger charge is -2.37. The quantitative estimate of drug-likeness (QED) is 0.569. The maximum atomic E-state index is 13.1. The summed E-state index contributed by atoms with van der Waals surface area (Å²) in [4.78, 5) is 15.5. The van der Waals surface area contributed by atoms with Gasteiger partial charge >= 0.3 is 0 Å². The fraction of sp³-hybridized carbons (Fsp3) is 0.407. The highest BCUT2D eigenvalue weighted by molar-refractivity contribution is 5.94. The predicted molar refractivity (Wildman–Crippen MR) is 130 cm³/mol. The maximum Gasteiger partial charge on any atom is 0.251 e. The van der Waals surface area contributed by atoms with Gasteiger partial charge in [-0.15, -0.1) is 0 Å². The third-order valence-electron chi connectivity index (χ3n) is 6.26. The number of nitrogens with one attached hydrogen (secondary N) is 1. The van der Waals surface area contributed by atoms with Crippen LogP contribution in [0.5, 0.6) is 0 Å². The van der Waals surface area contributed by atoms with E-state index in [9.17, 15) is 4.79 Å². The van der Waals surface area contributed by atoms with Gasteiger partial charge < -0.3 is 10.1 Å². The Morgan fingerprint density at radius 1 is 1.09 bits per heavy atom. The molecule has 1 amide bonds. The Bertz CT molecular complexity index is 1060. The minimum atomic E-state index is -0.0548. The largest absolute Gasteiger partial charge is 0.373 e. The summed E-state index contributed by atoms with van der Waals surface area (Å²) in [6.45, 7) is 10.1. The van der Waals surface area contributed by atoms with E-state index in [0.29, 0.717) is 18.7 Å². The van der Waals surface area contributed by atoms with E-state index in [2.05, 4.69) is 52.6 Å². The highest BCUT2D eigenvalue weighted by Crippen LogP contribution is 2.16. The highest BCUT2D eigenvalue weighted by atomic mass is 16.5. The van der Waals surface area contributed by atoms with Gasteiger partial charge in [0.15, 0.2) is 0 Å². The van der Waals surface area contributed by atoms with Crippen LogP contribution in [0.2, 0.25) is 0 Å². The van der Waals surface area contributed by atoms with Crippen LogP contribution in [0.3, 0.4) is 0 Å². The Morgan fingerprint density at radius 2 is 1.88 bits per heavy atom. The standard InChI is InChI=1S/C27H34N4O2/c1-4-25(26-19-30(13-14-33-26)17-22-9-6-5-7-10-22)28-27(32)24-12-8-11-23(16-24)18-31-21(3)15-20(2)29-31/h5-12,15-16,25-26H,4,13-14,17-19H2,1-3H3,(H,28,32)/t25-,26+/m1/s1. The highest BCUT2D eigenvalue weighted by Gasteiger charge is 2.28. The molecule has 1 saturated heterocycles. The molecule has 2 atom stereocenters. The number of amides is 1. The average Bonchev–Trinajstić information content (AvgIpc) is 3.14. The number of ether oxygens (including phenoxy) is 1. The second-order valence-electron chi connectivity index (χ2n) is 8.90. The minimum absolute atomic E-state index is 0.0192. The molecule has 2 aromatic carbocycles. The summed E-state index contributed by atoms with van der Waals surface area (Å²) in [5.41, 5.74) is 5.15. The molecule has 1 fully saturated rings. The summed E-state index contributed by atoms with van der Waals surface area (Å²) >= 11 is 0. The van der Waals surface area contributed by atoms with Crippen molar-refractivity contribution in [3.8, 4) is 0 Å². The summed E-state index contributed by atoms with van der Waals surface area (Å²) in [6, 6.07) is 20.3.